The first-order valence-corrected chi connectivity index (χ1v) is 7.30. The molecule has 2 heterocycles. The minimum atomic E-state index is -1.75. The van der Waals surface area contributed by atoms with E-state index in [1.54, 1.807) is 6.20 Å². The molecule has 0 bridgehead atoms. The summed E-state index contributed by atoms with van der Waals surface area (Å²) in [5.41, 5.74) is 1.02. The second-order valence-corrected chi connectivity index (χ2v) is 4.93. The molecule has 12 heteroatoms. The molecule has 1 radical (unpaired) electrons. The molecule has 4 rings (SSSR count). The molecule has 0 spiro atoms. The van der Waals surface area contributed by atoms with E-state index in [-0.39, 0.29) is 17.1 Å². The van der Waals surface area contributed by atoms with E-state index in [0.29, 0.717) is 0 Å². The van der Waals surface area contributed by atoms with E-state index in [0.717, 1.165) is 16.7 Å². The number of hydrogen-bond donors (Lipinski definition) is 0. The van der Waals surface area contributed by atoms with Gasteiger partial charge in [0.05, 0.1) is 10.2 Å². The van der Waals surface area contributed by atoms with Gasteiger partial charge in [-0.3, -0.25) is 0 Å². The minimum Gasteiger partial charge on any atom is -0.356 e. The van der Waals surface area contributed by atoms with Crippen LogP contribution in [-0.4, -0.2) is 24.9 Å². The van der Waals surface area contributed by atoms with Gasteiger partial charge in [0.15, 0.2) is 5.82 Å². The number of aromatic nitrogens is 3. The van der Waals surface area contributed by atoms with Crippen LogP contribution < -0.4 is 0 Å². The van der Waals surface area contributed by atoms with Crippen molar-refractivity contribution < 1.29 is 27.2 Å². The smallest absolute Gasteiger partial charge is 0.356 e. The van der Waals surface area contributed by atoms with Gasteiger partial charge in [0, 0.05) is 23.2 Å². The van der Waals surface area contributed by atoms with Crippen molar-refractivity contribution in [3.8, 4) is 5.82 Å². The largest absolute Gasteiger partial charge is 2.00 e. The zero-order chi connectivity index (χ0) is 19.8. The maximum absolute atomic E-state index is 8.25. The Kier molecular flexibility index (Phi) is 8.28. The molecule has 147 valence electrons. The van der Waals surface area contributed by atoms with Crippen LogP contribution in [0.15, 0.2) is 67.0 Å². The Bertz CT molecular complexity index is 1050. The molecule has 0 amide bonds. The van der Waals surface area contributed by atoms with Crippen molar-refractivity contribution in [2.75, 3.05) is 0 Å². The van der Waals surface area contributed by atoms with Gasteiger partial charge in [0.1, 0.15) is 5.52 Å². The van der Waals surface area contributed by atoms with Crippen LogP contribution in [0.4, 0.5) is 0 Å². The summed E-state index contributed by atoms with van der Waals surface area (Å²) < 4.78 is 1.83. The monoisotopic (exact) mass is 432 g/mol. The Hall–Kier alpha value is -3.76. The first kappa shape index (κ1) is 22.3. The molecule has 4 aromatic rings. The van der Waals surface area contributed by atoms with Crippen LogP contribution in [-0.2, 0) is 17.1 Å². The van der Waals surface area contributed by atoms with E-state index < -0.39 is 10.2 Å². The van der Waals surface area contributed by atoms with Crippen molar-refractivity contribution in [1.29, 1.82) is 0 Å². The maximum Gasteiger partial charge on any atom is 2.00 e. The SMILES string of the molecule is O=[N+]([O-])[O-].O=[N+]([O-])[O-].[Cu+2].c1ccc(-n2cc3ccc4ccccc4c3n2)nc1. The number of hydrogen-bond acceptors (Lipinski definition) is 8. The second kappa shape index (κ2) is 10.4. The molecule has 0 N–H and O–H groups in total. The molecule has 11 nitrogen and oxygen atoms in total. The first-order valence-electron chi connectivity index (χ1n) is 7.30. The van der Waals surface area contributed by atoms with E-state index in [4.69, 9.17) is 30.6 Å². The predicted molar refractivity (Wildman–Crippen MR) is 97.1 cm³/mol. The third-order valence-corrected chi connectivity index (χ3v) is 3.28. The van der Waals surface area contributed by atoms with Crippen molar-refractivity contribution >= 4 is 21.7 Å². The van der Waals surface area contributed by atoms with Crippen LogP contribution >= 0.6 is 0 Å². The fourth-order valence-corrected chi connectivity index (χ4v) is 2.36. The number of rotatable bonds is 1. The van der Waals surface area contributed by atoms with Crippen LogP contribution in [0.2, 0.25) is 0 Å². The predicted octanol–water partition coefficient (Wildman–Crippen LogP) is 3.09. The molecule has 2 aromatic carbocycles. The van der Waals surface area contributed by atoms with E-state index >= 15 is 0 Å². The minimum absolute atomic E-state index is 0. The molecule has 0 saturated heterocycles. The van der Waals surface area contributed by atoms with E-state index in [9.17, 15) is 0 Å². The fourth-order valence-electron chi connectivity index (χ4n) is 2.36. The molecule has 0 aliphatic heterocycles. The van der Waals surface area contributed by atoms with Crippen molar-refractivity contribution in [1.82, 2.24) is 14.8 Å². The molecule has 0 aliphatic carbocycles. The third kappa shape index (κ3) is 6.20. The summed E-state index contributed by atoms with van der Waals surface area (Å²) in [5, 5.41) is 37.7. The van der Waals surface area contributed by atoms with Crippen molar-refractivity contribution in [2.24, 2.45) is 0 Å². The van der Waals surface area contributed by atoms with Crippen LogP contribution in [0.3, 0.4) is 0 Å². The number of fused-ring (bicyclic) bond motifs is 3. The van der Waals surface area contributed by atoms with Gasteiger partial charge in [-0.2, -0.15) is 5.10 Å². The Labute approximate surface area is 167 Å². The van der Waals surface area contributed by atoms with Crippen LogP contribution in [0.1, 0.15) is 0 Å². The van der Waals surface area contributed by atoms with Crippen molar-refractivity contribution in [3.63, 3.8) is 0 Å². The van der Waals surface area contributed by atoms with Crippen LogP contribution in [0, 0.1) is 30.6 Å². The van der Waals surface area contributed by atoms with Gasteiger partial charge >= 0.3 is 17.1 Å². The molecule has 28 heavy (non-hydrogen) atoms. The van der Waals surface area contributed by atoms with Gasteiger partial charge in [-0.15, -0.1) is 0 Å². The average Bonchev–Trinajstić information content (AvgIpc) is 3.06. The van der Waals surface area contributed by atoms with E-state index in [2.05, 4.69) is 34.3 Å². The zero-order valence-electron chi connectivity index (χ0n) is 13.8. The van der Waals surface area contributed by atoms with E-state index in [1.807, 2.05) is 41.2 Å². The molecule has 0 unspecified atom stereocenters. The average molecular weight is 433 g/mol. The third-order valence-electron chi connectivity index (χ3n) is 3.28. The van der Waals surface area contributed by atoms with Crippen molar-refractivity contribution in [2.45, 2.75) is 0 Å². The Morgan fingerprint density at radius 3 is 1.96 bits per heavy atom. The molecular weight excluding hydrogens is 422 g/mol. The molecular formula is C16H11CuN5O6. The summed E-state index contributed by atoms with van der Waals surface area (Å²) in [5.74, 6) is 0.836. The van der Waals surface area contributed by atoms with Gasteiger partial charge in [0.25, 0.3) is 0 Å². The van der Waals surface area contributed by atoms with Gasteiger partial charge < -0.3 is 30.6 Å². The Balaban J connectivity index is 0.000000377. The van der Waals surface area contributed by atoms with E-state index in [1.165, 1.54) is 10.8 Å². The zero-order valence-corrected chi connectivity index (χ0v) is 14.8. The Morgan fingerprint density at radius 1 is 0.786 bits per heavy atom. The molecule has 0 atom stereocenters. The summed E-state index contributed by atoms with van der Waals surface area (Å²) >= 11 is 0. The summed E-state index contributed by atoms with van der Waals surface area (Å²) in [4.78, 5) is 20.8. The summed E-state index contributed by atoms with van der Waals surface area (Å²) in [6.45, 7) is 0. The summed E-state index contributed by atoms with van der Waals surface area (Å²) in [6.07, 6.45) is 3.80. The standard InChI is InChI=1S/C16H11N3.Cu.2NO3/c1-2-6-14-12(5-1)8-9-13-11-19(18-16(13)14)15-7-3-4-10-17-15;;2*2-1(3)4/h1-11H;;;/q;+2;2*-1. The summed E-state index contributed by atoms with van der Waals surface area (Å²) in [7, 11) is 0. The Morgan fingerprint density at radius 2 is 1.36 bits per heavy atom. The summed E-state index contributed by atoms with van der Waals surface area (Å²) in [6, 6.07) is 18.3. The molecule has 0 fully saturated rings. The quantitative estimate of drug-likeness (QED) is 0.251. The number of nitrogens with zero attached hydrogens (tertiary/aromatic N) is 5. The molecule has 2 aromatic heterocycles. The van der Waals surface area contributed by atoms with Crippen molar-refractivity contribution in [3.05, 3.63) is 97.6 Å². The topological polar surface area (TPSA) is 163 Å². The van der Waals surface area contributed by atoms with Crippen LogP contribution in [0.25, 0.3) is 27.5 Å². The number of pyridine rings is 1. The fraction of sp³-hybridized carbons (Fsp3) is 0. The normalized spacial score (nSPS) is 9.29. The first-order chi connectivity index (χ1) is 12.9. The second-order valence-electron chi connectivity index (χ2n) is 4.93. The van der Waals surface area contributed by atoms with Gasteiger partial charge in [-0.25, -0.2) is 9.67 Å². The maximum atomic E-state index is 8.25. The number of benzene rings is 2. The van der Waals surface area contributed by atoms with Crippen LogP contribution in [0.5, 0.6) is 0 Å². The molecule has 0 saturated carbocycles. The van der Waals surface area contributed by atoms with Gasteiger partial charge in [-0.1, -0.05) is 42.5 Å². The molecule has 0 aliphatic rings. The van der Waals surface area contributed by atoms with Gasteiger partial charge in [-0.05, 0) is 17.5 Å². The van der Waals surface area contributed by atoms with Gasteiger partial charge in [0.2, 0.25) is 0 Å².